The Bertz CT molecular complexity index is 827. The highest BCUT2D eigenvalue weighted by Gasteiger charge is 2.09. The fourth-order valence-corrected chi connectivity index (χ4v) is 2.57. The number of benzene rings is 2. The van der Waals surface area contributed by atoms with Crippen molar-refractivity contribution < 1.29 is 14.3 Å². The number of amides is 2. The van der Waals surface area contributed by atoms with Crippen LogP contribution in [0.15, 0.2) is 48.5 Å². The predicted octanol–water partition coefficient (Wildman–Crippen LogP) is 2.07. The van der Waals surface area contributed by atoms with E-state index in [4.69, 9.17) is 17.0 Å². The number of para-hydroxylation sites is 2. The second kappa shape index (κ2) is 10.9. The first-order valence-corrected chi connectivity index (χ1v) is 9.29. The van der Waals surface area contributed by atoms with Crippen LogP contribution in [0.1, 0.15) is 18.1 Å². The van der Waals surface area contributed by atoms with E-state index in [0.29, 0.717) is 5.75 Å². The van der Waals surface area contributed by atoms with E-state index < -0.39 is 11.8 Å². The summed E-state index contributed by atoms with van der Waals surface area (Å²) in [5.41, 5.74) is 8.17. The van der Waals surface area contributed by atoms with Crippen molar-refractivity contribution >= 4 is 34.8 Å². The van der Waals surface area contributed by atoms with E-state index in [-0.39, 0.29) is 18.3 Å². The van der Waals surface area contributed by atoms with Crippen LogP contribution in [0.3, 0.4) is 0 Å². The van der Waals surface area contributed by atoms with Gasteiger partial charge in [0.2, 0.25) is 0 Å². The molecule has 0 aliphatic heterocycles. The molecule has 28 heavy (non-hydrogen) atoms. The summed E-state index contributed by atoms with van der Waals surface area (Å²) in [5.74, 6) is -0.243. The quantitative estimate of drug-likeness (QED) is 0.420. The van der Waals surface area contributed by atoms with Crippen LogP contribution in [0.4, 0.5) is 5.69 Å². The van der Waals surface area contributed by atoms with Gasteiger partial charge in [0.05, 0.1) is 6.54 Å². The number of hydrogen-bond donors (Lipinski definition) is 4. The van der Waals surface area contributed by atoms with Crippen LogP contribution in [0.25, 0.3) is 0 Å². The van der Waals surface area contributed by atoms with Crippen molar-refractivity contribution in [1.29, 1.82) is 0 Å². The Morgan fingerprint density at radius 2 is 1.75 bits per heavy atom. The Labute approximate surface area is 169 Å². The van der Waals surface area contributed by atoms with Gasteiger partial charge in [-0.25, -0.2) is 0 Å². The third kappa shape index (κ3) is 6.88. The summed E-state index contributed by atoms with van der Waals surface area (Å²) in [6, 6.07) is 15.0. The molecule has 0 atom stereocenters. The minimum absolute atomic E-state index is 0.169. The Kier molecular flexibility index (Phi) is 8.23. The molecule has 0 aliphatic rings. The molecule has 0 radical (unpaired) electrons. The molecule has 0 spiro atoms. The van der Waals surface area contributed by atoms with E-state index in [2.05, 4.69) is 28.4 Å². The molecule has 0 saturated heterocycles. The minimum atomic E-state index is -0.433. The number of hydrogen-bond acceptors (Lipinski definition) is 4. The number of hydrazine groups is 1. The molecule has 2 amide bonds. The van der Waals surface area contributed by atoms with Gasteiger partial charge < -0.3 is 15.4 Å². The SMILES string of the molecule is CCc1cccc(C)c1NC(=S)NNC(=O)CNC(=O)COc1ccccc1. The number of aryl methyl sites for hydroxylation is 2. The van der Waals surface area contributed by atoms with Crippen molar-refractivity contribution in [2.24, 2.45) is 0 Å². The zero-order chi connectivity index (χ0) is 20.4. The highest BCUT2D eigenvalue weighted by atomic mass is 32.1. The highest BCUT2D eigenvalue weighted by Crippen LogP contribution is 2.20. The van der Waals surface area contributed by atoms with Gasteiger partial charge in [-0.3, -0.25) is 20.4 Å². The van der Waals surface area contributed by atoms with Crippen molar-refractivity contribution in [1.82, 2.24) is 16.2 Å². The molecule has 0 aromatic heterocycles. The average molecular weight is 401 g/mol. The molecule has 0 fully saturated rings. The highest BCUT2D eigenvalue weighted by molar-refractivity contribution is 7.80. The maximum Gasteiger partial charge on any atom is 0.258 e. The zero-order valence-corrected chi connectivity index (χ0v) is 16.7. The van der Waals surface area contributed by atoms with E-state index in [1.54, 1.807) is 12.1 Å². The molecule has 2 aromatic carbocycles. The number of ether oxygens (including phenoxy) is 1. The average Bonchev–Trinajstić information content (AvgIpc) is 2.71. The largest absolute Gasteiger partial charge is 0.484 e. The maximum absolute atomic E-state index is 11.9. The Morgan fingerprint density at radius 1 is 1.00 bits per heavy atom. The van der Waals surface area contributed by atoms with Crippen LogP contribution in [0, 0.1) is 6.92 Å². The van der Waals surface area contributed by atoms with Crippen LogP contribution in [-0.2, 0) is 16.0 Å². The molecule has 4 N–H and O–H groups in total. The summed E-state index contributed by atoms with van der Waals surface area (Å²) in [6.45, 7) is 3.67. The van der Waals surface area contributed by atoms with E-state index in [9.17, 15) is 9.59 Å². The maximum atomic E-state index is 11.9. The molecule has 2 rings (SSSR count). The van der Waals surface area contributed by atoms with E-state index >= 15 is 0 Å². The van der Waals surface area contributed by atoms with Gasteiger partial charge in [-0.1, -0.05) is 43.3 Å². The Hall–Kier alpha value is -3.13. The molecular weight excluding hydrogens is 376 g/mol. The third-order valence-corrected chi connectivity index (χ3v) is 4.06. The first-order valence-electron chi connectivity index (χ1n) is 8.88. The van der Waals surface area contributed by atoms with Crippen LogP contribution < -0.4 is 26.2 Å². The van der Waals surface area contributed by atoms with Crippen LogP contribution in [0.2, 0.25) is 0 Å². The first kappa shape index (κ1) is 21.2. The van der Waals surface area contributed by atoms with Gasteiger partial charge in [0.25, 0.3) is 11.8 Å². The van der Waals surface area contributed by atoms with E-state index in [1.165, 1.54) is 0 Å². The lowest BCUT2D eigenvalue weighted by atomic mass is 10.1. The van der Waals surface area contributed by atoms with Crippen molar-refractivity contribution in [3.05, 3.63) is 59.7 Å². The number of thiocarbonyl (C=S) groups is 1. The Morgan fingerprint density at radius 3 is 2.46 bits per heavy atom. The van der Waals surface area contributed by atoms with Crippen LogP contribution in [0.5, 0.6) is 5.75 Å². The summed E-state index contributed by atoms with van der Waals surface area (Å²) in [7, 11) is 0. The van der Waals surface area contributed by atoms with Crippen LogP contribution >= 0.6 is 12.2 Å². The summed E-state index contributed by atoms with van der Waals surface area (Å²) < 4.78 is 5.31. The zero-order valence-electron chi connectivity index (χ0n) is 15.9. The molecular formula is C20H24N4O3S. The summed E-state index contributed by atoms with van der Waals surface area (Å²) in [6.07, 6.45) is 0.857. The minimum Gasteiger partial charge on any atom is -0.484 e. The van der Waals surface area contributed by atoms with Gasteiger partial charge >= 0.3 is 0 Å². The summed E-state index contributed by atoms with van der Waals surface area (Å²) in [5, 5.41) is 5.82. The van der Waals surface area contributed by atoms with Gasteiger partial charge in [-0.05, 0) is 48.8 Å². The normalized spacial score (nSPS) is 9.93. The molecule has 0 heterocycles. The lowest BCUT2D eigenvalue weighted by Gasteiger charge is -2.16. The van der Waals surface area contributed by atoms with Crippen molar-refractivity contribution in [2.75, 3.05) is 18.5 Å². The lowest BCUT2D eigenvalue weighted by Crippen LogP contribution is -2.48. The van der Waals surface area contributed by atoms with Gasteiger partial charge in [0, 0.05) is 5.69 Å². The van der Waals surface area contributed by atoms with Crippen LogP contribution in [-0.4, -0.2) is 30.1 Å². The van der Waals surface area contributed by atoms with Crippen molar-refractivity contribution in [3.63, 3.8) is 0 Å². The molecule has 0 bridgehead atoms. The first-order chi connectivity index (χ1) is 13.5. The fraction of sp³-hybridized carbons (Fsp3) is 0.250. The standard InChI is InChI=1S/C20H24N4O3S/c1-3-15-9-7-8-14(2)19(15)22-20(28)24-23-17(25)12-21-18(26)13-27-16-10-5-4-6-11-16/h4-11H,3,12-13H2,1-2H3,(H,21,26)(H,23,25)(H2,22,24,28). The number of anilines is 1. The van der Waals surface area contributed by atoms with E-state index in [1.807, 2.05) is 43.3 Å². The molecule has 148 valence electrons. The molecule has 2 aromatic rings. The number of nitrogens with one attached hydrogen (secondary N) is 4. The van der Waals surface area contributed by atoms with Crippen molar-refractivity contribution in [2.45, 2.75) is 20.3 Å². The van der Waals surface area contributed by atoms with Gasteiger partial charge in [0.1, 0.15) is 5.75 Å². The monoisotopic (exact) mass is 400 g/mol. The molecule has 7 nitrogen and oxygen atoms in total. The lowest BCUT2D eigenvalue weighted by molar-refractivity contribution is -0.127. The molecule has 0 unspecified atom stereocenters. The fourth-order valence-electron chi connectivity index (χ4n) is 2.41. The number of rotatable bonds is 7. The predicted molar refractivity (Wildman–Crippen MR) is 113 cm³/mol. The Balaban J connectivity index is 1.69. The smallest absolute Gasteiger partial charge is 0.258 e. The van der Waals surface area contributed by atoms with Gasteiger partial charge in [-0.2, -0.15) is 0 Å². The van der Waals surface area contributed by atoms with Gasteiger partial charge in [0.15, 0.2) is 11.7 Å². The number of carbonyl (C=O) groups excluding carboxylic acids is 2. The van der Waals surface area contributed by atoms with E-state index in [0.717, 1.165) is 23.2 Å². The second-order valence-corrected chi connectivity index (χ2v) is 6.38. The van der Waals surface area contributed by atoms with Crippen molar-refractivity contribution in [3.8, 4) is 5.75 Å². The van der Waals surface area contributed by atoms with Gasteiger partial charge in [-0.15, -0.1) is 0 Å². The topological polar surface area (TPSA) is 91.5 Å². The summed E-state index contributed by atoms with van der Waals surface area (Å²) >= 11 is 5.21. The molecule has 0 aliphatic carbocycles. The summed E-state index contributed by atoms with van der Waals surface area (Å²) in [4.78, 5) is 23.6. The number of carbonyl (C=O) groups is 2. The second-order valence-electron chi connectivity index (χ2n) is 5.97. The third-order valence-electron chi connectivity index (χ3n) is 3.85. The molecule has 0 saturated carbocycles. The molecule has 8 heteroatoms.